The molecule has 12 heavy (non-hydrogen) atoms. The third kappa shape index (κ3) is 1.71. The first-order valence-corrected chi connectivity index (χ1v) is 3.54. The number of ether oxygens (including phenoxy) is 2. The van der Waals surface area contributed by atoms with Gasteiger partial charge < -0.3 is 15.2 Å². The van der Waals surface area contributed by atoms with Gasteiger partial charge in [-0.25, -0.2) is 4.79 Å². The molecule has 0 heterocycles. The number of methoxy groups -OCH3 is 2. The summed E-state index contributed by atoms with van der Waals surface area (Å²) in [4.78, 5) is 11.1. The molecule has 0 aromatic carbocycles. The molecule has 0 aliphatic heterocycles. The predicted octanol–water partition coefficient (Wildman–Crippen LogP) is 0.0875. The van der Waals surface area contributed by atoms with Gasteiger partial charge in [0.1, 0.15) is 0 Å². The number of hydrogen-bond acceptors (Lipinski definition) is 4. The Hall–Kier alpha value is -0.320. The van der Waals surface area contributed by atoms with Crippen molar-refractivity contribution in [2.75, 3.05) is 14.2 Å². The Morgan fingerprint density at radius 1 is 1.50 bits per heavy atom. The number of carbonyl (C=O) groups excluding carboxylic acids is 1. The van der Waals surface area contributed by atoms with E-state index in [1.54, 1.807) is 0 Å². The minimum absolute atomic E-state index is 0. The van der Waals surface area contributed by atoms with Crippen LogP contribution in [0.25, 0.3) is 0 Å². The minimum Gasteiger partial charge on any atom is -0.467 e. The summed E-state index contributed by atoms with van der Waals surface area (Å²) in [5, 5.41) is 0. The van der Waals surface area contributed by atoms with E-state index in [0.29, 0.717) is 12.8 Å². The lowest BCUT2D eigenvalue weighted by molar-refractivity contribution is -0.179. The zero-order valence-electron chi connectivity index (χ0n) is 7.20. The van der Waals surface area contributed by atoms with Gasteiger partial charge in [0.05, 0.1) is 7.11 Å². The maximum atomic E-state index is 11.1. The molecule has 2 N–H and O–H groups in total. The third-order valence-corrected chi connectivity index (χ3v) is 2.13. The molecule has 0 radical (unpaired) electrons. The molecule has 0 aromatic heterocycles. The fraction of sp³-hybridized carbons (Fsp3) is 0.857. The van der Waals surface area contributed by atoms with Gasteiger partial charge in [-0.3, -0.25) is 0 Å². The minimum atomic E-state index is -0.742. The van der Waals surface area contributed by atoms with E-state index in [4.69, 9.17) is 10.5 Å². The summed E-state index contributed by atoms with van der Waals surface area (Å²) in [6.07, 6.45) is 1.13. The number of rotatable bonds is 2. The molecule has 1 fully saturated rings. The van der Waals surface area contributed by atoms with Crippen molar-refractivity contribution in [1.29, 1.82) is 0 Å². The predicted molar refractivity (Wildman–Crippen MR) is 46.2 cm³/mol. The van der Waals surface area contributed by atoms with Crippen molar-refractivity contribution in [3.05, 3.63) is 0 Å². The number of hydrogen-bond donors (Lipinski definition) is 1. The molecule has 0 unspecified atom stereocenters. The summed E-state index contributed by atoms with van der Waals surface area (Å²) in [5.74, 6) is -0.318. The van der Waals surface area contributed by atoms with Gasteiger partial charge in [0.15, 0.2) is 5.60 Å². The second-order valence-electron chi connectivity index (χ2n) is 2.86. The molecular formula is C7H14ClNO3. The third-order valence-electron chi connectivity index (χ3n) is 2.13. The topological polar surface area (TPSA) is 61.5 Å². The van der Waals surface area contributed by atoms with Crippen LogP contribution in [0.2, 0.25) is 0 Å². The highest BCUT2D eigenvalue weighted by Crippen LogP contribution is 2.35. The van der Waals surface area contributed by atoms with Gasteiger partial charge in [-0.05, 0) is 0 Å². The van der Waals surface area contributed by atoms with Crippen molar-refractivity contribution in [2.24, 2.45) is 5.73 Å². The summed E-state index contributed by atoms with van der Waals surface area (Å²) in [7, 11) is 2.86. The first-order valence-electron chi connectivity index (χ1n) is 3.54. The van der Waals surface area contributed by atoms with Gasteiger partial charge in [-0.1, -0.05) is 0 Å². The second kappa shape index (κ2) is 4.07. The Morgan fingerprint density at radius 3 is 2.25 bits per heavy atom. The highest BCUT2D eigenvalue weighted by Gasteiger charge is 2.50. The largest absolute Gasteiger partial charge is 0.467 e. The molecule has 0 saturated heterocycles. The Balaban J connectivity index is 0.00000121. The van der Waals surface area contributed by atoms with E-state index in [1.165, 1.54) is 14.2 Å². The lowest BCUT2D eigenvalue weighted by atomic mass is 9.76. The summed E-state index contributed by atoms with van der Waals surface area (Å²) in [6, 6.07) is 0.0778. The Bertz CT molecular complexity index is 168. The molecule has 5 heteroatoms. The molecule has 0 atom stereocenters. The van der Waals surface area contributed by atoms with Crippen LogP contribution in [-0.4, -0.2) is 31.8 Å². The lowest BCUT2D eigenvalue weighted by Crippen LogP contribution is -2.58. The van der Waals surface area contributed by atoms with Crippen LogP contribution in [0.15, 0.2) is 0 Å². The molecule has 1 saturated carbocycles. The molecule has 0 bridgehead atoms. The quantitative estimate of drug-likeness (QED) is 0.635. The number of carbonyl (C=O) groups is 1. The van der Waals surface area contributed by atoms with Gasteiger partial charge in [0, 0.05) is 26.0 Å². The van der Waals surface area contributed by atoms with E-state index in [9.17, 15) is 4.79 Å². The van der Waals surface area contributed by atoms with E-state index in [2.05, 4.69) is 4.74 Å². The van der Waals surface area contributed by atoms with Crippen LogP contribution < -0.4 is 5.73 Å². The van der Waals surface area contributed by atoms with Crippen molar-refractivity contribution >= 4 is 18.4 Å². The molecule has 1 aliphatic rings. The maximum absolute atomic E-state index is 11.1. The zero-order chi connectivity index (χ0) is 8.48. The second-order valence-corrected chi connectivity index (χ2v) is 2.86. The molecule has 0 amide bonds. The average molecular weight is 196 g/mol. The maximum Gasteiger partial charge on any atom is 0.338 e. The van der Waals surface area contributed by atoms with Gasteiger partial charge >= 0.3 is 5.97 Å². The summed E-state index contributed by atoms with van der Waals surface area (Å²) in [6.45, 7) is 0. The van der Waals surface area contributed by atoms with Gasteiger partial charge in [0.2, 0.25) is 0 Å². The molecule has 4 nitrogen and oxygen atoms in total. The fourth-order valence-electron chi connectivity index (χ4n) is 1.39. The Kier molecular flexibility index (Phi) is 3.96. The Labute approximate surface area is 77.8 Å². The average Bonchev–Trinajstić information content (AvgIpc) is 1.96. The van der Waals surface area contributed by atoms with Crippen LogP contribution >= 0.6 is 12.4 Å². The number of esters is 1. The van der Waals surface area contributed by atoms with Crippen molar-refractivity contribution in [3.63, 3.8) is 0 Å². The highest BCUT2D eigenvalue weighted by molar-refractivity contribution is 5.85. The highest BCUT2D eigenvalue weighted by atomic mass is 35.5. The standard InChI is InChI=1S/C7H13NO3.ClH/c1-10-6(9)7(11-2)3-5(8)4-7;/h5H,3-4,8H2,1-2H3;1H. The van der Waals surface area contributed by atoms with Crippen LogP contribution in [0.1, 0.15) is 12.8 Å². The van der Waals surface area contributed by atoms with Gasteiger partial charge in [-0.2, -0.15) is 0 Å². The van der Waals surface area contributed by atoms with E-state index in [-0.39, 0.29) is 24.4 Å². The Morgan fingerprint density at radius 2 is 2.00 bits per heavy atom. The fourth-order valence-corrected chi connectivity index (χ4v) is 1.39. The van der Waals surface area contributed by atoms with Crippen molar-refractivity contribution in [1.82, 2.24) is 0 Å². The van der Waals surface area contributed by atoms with E-state index in [1.807, 2.05) is 0 Å². The first kappa shape index (κ1) is 11.7. The zero-order valence-corrected chi connectivity index (χ0v) is 8.02. The smallest absolute Gasteiger partial charge is 0.338 e. The van der Waals surface area contributed by atoms with Gasteiger partial charge in [-0.15, -0.1) is 12.4 Å². The first-order chi connectivity index (χ1) is 5.14. The summed E-state index contributed by atoms with van der Waals surface area (Å²) in [5.41, 5.74) is 4.79. The summed E-state index contributed by atoms with van der Waals surface area (Å²) >= 11 is 0. The SMILES string of the molecule is COC(=O)C1(OC)CC(N)C1.Cl. The van der Waals surface area contributed by atoms with Crippen LogP contribution in [0, 0.1) is 0 Å². The lowest BCUT2D eigenvalue weighted by Gasteiger charge is -2.41. The van der Waals surface area contributed by atoms with E-state index < -0.39 is 5.60 Å². The molecular weight excluding hydrogens is 182 g/mol. The molecule has 0 aromatic rings. The van der Waals surface area contributed by atoms with Crippen LogP contribution in [-0.2, 0) is 14.3 Å². The van der Waals surface area contributed by atoms with Crippen molar-refractivity contribution < 1.29 is 14.3 Å². The number of nitrogens with two attached hydrogens (primary N) is 1. The number of halogens is 1. The normalized spacial score (nSPS) is 33.1. The molecule has 72 valence electrons. The van der Waals surface area contributed by atoms with Crippen molar-refractivity contribution in [2.45, 2.75) is 24.5 Å². The summed E-state index contributed by atoms with van der Waals surface area (Å²) < 4.78 is 9.62. The van der Waals surface area contributed by atoms with Crippen LogP contribution in [0.4, 0.5) is 0 Å². The molecule has 1 aliphatic carbocycles. The van der Waals surface area contributed by atoms with Crippen molar-refractivity contribution in [3.8, 4) is 0 Å². The van der Waals surface area contributed by atoms with Crippen LogP contribution in [0.3, 0.4) is 0 Å². The van der Waals surface area contributed by atoms with Crippen LogP contribution in [0.5, 0.6) is 0 Å². The monoisotopic (exact) mass is 195 g/mol. The molecule has 1 rings (SSSR count). The van der Waals surface area contributed by atoms with Gasteiger partial charge in [0.25, 0.3) is 0 Å². The molecule has 0 spiro atoms. The van der Waals surface area contributed by atoms with E-state index >= 15 is 0 Å². The van der Waals surface area contributed by atoms with E-state index in [0.717, 1.165) is 0 Å².